The molecule has 5 N–H and O–H groups in total. The lowest BCUT2D eigenvalue weighted by Gasteiger charge is -2.31. The molecule has 4 unspecified atom stereocenters. The molecule has 0 aliphatic carbocycles. The number of hydrogen-bond donors (Lipinski definition) is 3. The van der Waals surface area contributed by atoms with Crippen LogP contribution in [0.2, 0.25) is 0 Å². The molecule has 316 valence electrons. The summed E-state index contributed by atoms with van der Waals surface area (Å²) < 4.78 is 81.8. The van der Waals surface area contributed by atoms with Gasteiger partial charge in [-0.1, -0.05) is 0 Å². The summed E-state index contributed by atoms with van der Waals surface area (Å²) in [5.74, 6) is 0. The van der Waals surface area contributed by atoms with Crippen LogP contribution in [0.1, 0.15) is 68.2 Å². The zero-order valence-electron chi connectivity index (χ0n) is 33.6. The van der Waals surface area contributed by atoms with E-state index in [4.69, 9.17) is 78.3 Å². The smallest absolute Gasteiger partial charge is 0.268 e. The molecule has 2 bridgehead atoms. The quantitative estimate of drug-likeness (QED) is 0.120. The maximum Gasteiger partial charge on any atom is 0.268 e. The lowest BCUT2D eigenvalue weighted by molar-refractivity contribution is -0.428. The average Bonchev–Trinajstić information content (AvgIpc) is 3.74. The molecule has 16 atom stereocenters. The second kappa shape index (κ2) is 22.8. The second-order valence-corrected chi connectivity index (χ2v) is 18.2. The Morgan fingerprint density at radius 1 is 0.804 bits per heavy atom. The molecule has 0 amide bonds. The normalized spacial score (nSPS) is 40.7. The van der Waals surface area contributed by atoms with Gasteiger partial charge in [-0.3, -0.25) is 14.2 Å². The fraction of sp³-hybridized carbons (Fsp3) is 1.00. The molecule has 0 aromatic rings. The van der Waals surface area contributed by atoms with Crippen molar-refractivity contribution in [3.05, 3.63) is 0 Å². The Hall–Kier alpha value is 0.0797. The van der Waals surface area contributed by atoms with Gasteiger partial charge in [0.25, 0.3) is 7.82 Å². The predicted molar refractivity (Wildman–Crippen MR) is 201 cm³/mol. The number of phosphoric ester groups is 1. The van der Waals surface area contributed by atoms with Gasteiger partial charge in [-0.25, -0.2) is 0 Å². The van der Waals surface area contributed by atoms with Crippen LogP contribution in [0.3, 0.4) is 0 Å². The number of fused-ring (bicyclic) bond motifs is 2. The van der Waals surface area contributed by atoms with Crippen molar-refractivity contribution in [2.24, 2.45) is 0 Å². The van der Waals surface area contributed by atoms with E-state index < -0.39 is 82.3 Å². The summed E-state index contributed by atoms with van der Waals surface area (Å²) in [4.78, 5) is 23.6. The molecule has 0 aromatic heterocycles. The summed E-state index contributed by atoms with van der Waals surface area (Å²) in [5.41, 5.74) is 3.96. The Balaban J connectivity index is 0.000000251. The first kappa shape index (κ1) is 50.4. The first-order valence-electron chi connectivity index (χ1n) is 19.0. The highest BCUT2D eigenvalue weighted by molar-refractivity contribution is 7.49. The number of phosphoric acid groups is 1. The summed E-state index contributed by atoms with van der Waals surface area (Å²) >= 11 is 0. The van der Waals surface area contributed by atoms with Gasteiger partial charge in [0.1, 0.15) is 80.2 Å². The van der Waals surface area contributed by atoms with Crippen molar-refractivity contribution in [2.45, 2.75) is 178 Å². The standard InChI is InChI=1S/C16H30B2NO8P.C8H16BNO2.C8H14BO6P/c1-8(2)23-6-11-10(5-13(17)26-11)19-28(21,22)24-7-12-15(25-9(3)4)14(20)16(18)27-12;1-5(2)11-4-7-6(10)3-8(9)12-7;1-4(2)13-6-5-3-12-16(10,11)15-7(6)8(9)14-5/h8-16,20H,5-7H2,1-4H3,(H2,19,21,22);5-8H,3-4,10H2,1-2H3;4-8H,3H2,1-2H3,(H,10,11)/p-1/t10-,11-,12-,13-,14?,15+,16-;6-,7-,8-;5-,6+,7?,8-/m111/s1. The van der Waals surface area contributed by atoms with E-state index in [0.29, 0.717) is 13.0 Å². The summed E-state index contributed by atoms with van der Waals surface area (Å²) in [6, 6.07) is -2.81. The summed E-state index contributed by atoms with van der Waals surface area (Å²) in [6.45, 7) is 15.4. The molecule has 0 aromatic carbocycles. The van der Waals surface area contributed by atoms with Gasteiger partial charge in [-0.05, 0) is 61.8 Å². The second-order valence-electron chi connectivity index (χ2n) is 15.3. The van der Waals surface area contributed by atoms with Crippen LogP contribution in [0.4, 0.5) is 0 Å². The summed E-state index contributed by atoms with van der Waals surface area (Å²) in [6.07, 6.45) is -3.88. The van der Waals surface area contributed by atoms with Crippen LogP contribution in [0, 0.1) is 0 Å². The van der Waals surface area contributed by atoms with Crippen molar-refractivity contribution < 1.29 is 81.2 Å². The molecule has 5 aliphatic rings. The van der Waals surface area contributed by atoms with Crippen LogP contribution >= 0.6 is 15.6 Å². The van der Waals surface area contributed by atoms with Crippen molar-refractivity contribution in [1.29, 1.82) is 0 Å². The lowest BCUT2D eigenvalue weighted by Crippen LogP contribution is -2.65. The zero-order valence-corrected chi connectivity index (χ0v) is 35.4. The Labute approximate surface area is 336 Å². The maximum atomic E-state index is 12.4. The molecule has 0 saturated carbocycles. The molecule has 8 radical (unpaired) electrons. The largest absolute Gasteiger partial charge is 0.766 e. The molecular weight excluding hydrogens is 774 g/mol. The number of hydrogen-bond acceptors (Lipinski definition) is 16. The Kier molecular flexibility index (Phi) is 20.5. The van der Waals surface area contributed by atoms with Gasteiger partial charge < -0.3 is 72.1 Å². The molecule has 0 spiro atoms. The van der Waals surface area contributed by atoms with E-state index in [-0.39, 0.29) is 62.4 Å². The van der Waals surface area contributed by atoms with E-state index in [2.05, 4.69) is 15.3 Å². The Morgan fingerprint density at radius 2 is 1.36 bits per heavy atom. The number of quaternary nitrogens is 1. The van der Waals surface area contributed by atoms with Gasteiger partial charge >= 0.3 is 0 Å². The van der Waals surface area contributed by atoms with Crippen LogP contribution < -0.4 is 20.6 Å². The van der Waals surface area contributed by atoms with Crippen LogP contribution in [-0.4, -0.2) is 172 Å². The van der Waals surface area contributed by atoms with Gasteiger partial charge in [-0.15, -0.1) is 0 Å². The van der Waals surface area contributed by atoms with E-state index in [9.17, 15) is 24.0 Å². The zero-order chi connectivity index (χ0) is 42.1. The molecule has 5 aliphatic heterocycles. The van der Waals surface area contributed by atoms with Gasteiger partial charge in [0.2, 0.25) is 7.75 Å². The highest BCUT2D eigenvalue weighted by atomic mass is 31.2. The average molecular weight is 833 g/mol. The molecular formula is C32H59B4N2O16P2-. The highest BCUT2D eigenvalue weighted by Crippen LogP contribution is 2.47. The van der Waals surface area contributed by atoms with Crippen LogP contribution in [-0.2, 0) is 60.6 Å². The Morgan fingerprint density at radius 3 is 1.91 bits per heavy atom. The third-order valence-corrected chi connectivity index (χ3v) is 10.9. The lowest BCUT2D eigenvalue weighted by atomic mass is 9.93. The summed E-state index contributed by atoms with van der Waals surface area (Å²) in [7, 11) is 14.0. The van der Waals surface area contributed by atoms with Crippen molar-refractivity contribution in [1.82, 2.24) is 5.09 Å². The third-order valence-electron chi connectivity index (χ3n) is 8.84. The minimum absolute atomic E-state index is 0.0237. The highest BCUT2D eigenvalue weighted by Gasteiger charge is 2.49. The molecule has 5 rings (SSSR count). The van der Waals surface area contributed by atoms with Gasteiger partial charge in [0, 0.05) is 36.5 Å². The number of aliphatic hydroxyl groups is 1. The minimum atomic E-state index is -4.45. The van der Waals surface area contributed by atoms with Crippen molar-refractivity contribution >= 4 is 47.0 Å². The number of nitrogens with one attached hydrogen (secondary N) is 1. The van der Waals surface area contributed by atoms with Crippen molar-refractivity contribution in [3.8, 4) is 0 Å². The number of rotatable bonds is 15. The maximum absolute atomic E-state index is 12.4. The molecule has 5 saturated heterocycles. The molecule has 5 heterocycles. The fourth-order valence-electron chi connectivity index (χ4n) is 6.29. The first-order valence-corrected chi connectivity index (χ1v) is 22.0. The van der Waals surface area contributed by atoms with E-state index in [1.54, 1.807) is 13.8 Å². The molecule has 56 heavy (non-hydrogen) atoms. The molecule has 5 fully saturated rings. The SMILES string of the molecule is [B][C@@H]1O[C@@H]2COP(=O)([O-])OC1[C@H]2OC(C)C.[B][C@@H]1O[C@H](COP(=O)([O-])N[C@@H]2C[C@H]([B])O[C@@H]2COC(C)C)[C@H](OC(C)C)C1O.[B][C@H]1C[C@@H]([NH3+])[C@@H](COC(C)C)O1. The summed E-state index contributed by atoms with van der Waals surface area (Å²) in [5, 5.41) is 12.5. The van der Waals surface area contributed by atoms with Gasteiger partial charge in [0.15, 0.2) is 0 Å². The molecule has 24 heteroatoms. The topological polar surface area (TPSA) is 242 Å². The van der Waals surface area contributed by atoms with E-state index >= 15 is 0 Å². The number of ether oxygens (including phenoxy) is 8. The fourth-order valence-corrected chi connectivity index (χ4v) is 8.31. The van der Waals surface area contributed by atoms with E-state index in [1.807, 2.05) is 41.5 Å². The van der Waals surface area contributed by atoms with Crippen molar-refractivity contribution in [3.63, 3.8) is 0 Å². The van der Waals surface area contributed by atoms with Crippen molar-refractivity contribution in [2.75, 3.05) is 26.4 Å². The van der Waals surface area contributed by atoms with Gasteiger partial charge in [0.05, 0.1) is 56.9 Å². The molecule has 18 nitrogen and oxygen atoms in total. The Bertz CT molecular complexity index is 1270. The third kappa shape index (κ3) is 16.5. The monoisotopic (exact) mass is 833 g/mol. The predicted octanol–water partition coefficient (Wildman–Crippen LogP) is -1.95. The minimum Gasteiger partial charge on any atom is -0.766 e. The van der Waals surface area contributed by atoms with Crippen LogP contribution in [0.15, 0.2) is 0 Å². The van der Waals surface area contributed by atoms with Crippen LogP contribution in [0.5, 0.6) is 0 Å². The van der Waals surface area contributed by atoms with E-state index in [0.717, 1.165) is 6.42 Å². The van der Waals surface area contributed by atoms with Crippen LogP contribution in [0.25, 0.3) is 0 Å². The van der Waals surface area contributed by atoms with E-state index in [1.165, 1.54) is 0 Å². The number of aliphatic hydroxyl groups excluding tert-OH is 1. The van der Waals surface area contributed by atoms with Gasteiger partial charge in [-0.2, -0.15) is 0 Å². The first-order chi connectivity index (χ1) is 26.0.